The van der Waals surface area contributed by atoms with E-state index in [1.807, 2.05) is 0 Å². The van der Waals surface area contributed by atoms with Crippen molar-refractivity contribution in [1.82, 2.24) is 19.9 Å². The molecule has 2 N–H and O–H groups in total. The Labute approximate surface area is 118 Å². The topological polar surface area (TPSA) is 104 Å². The zero-order valence-electron chi connectivity index (χ0n) is 10.5. The highest BCUT2D eigenvalue weighted by molar-refractivity contribution is 7.71. The van der Waals surface area contributed by atoms with Crippen LogP contribution in [0.1, 0.15) is 6.42 Å². The van der Waals surface area contributed by atoms with Gasteiger partial charge in [0.25, 0.3) is 0 Å². The molecule has 1 amide bonds. The lowest BCUT2D eigenvalue weighted by molar-refractivity contribution is -0.145. The summed E-state index contributed by atoms with van der Waals surface area (Å²) in [6.45, 7) is 0.222. The molecule has 1 fully saturated rings. The Morgan fingerprint density at radius 1 is 1.60 bits per heavy atom. The predicted molar refractivity (Wildman–Crippen MR) is 71.5 cm³/mol. The zero-order chi connectivity index (χ0) is 14.3. The molecule has 1 atom stereocenters. The Bertz CT molecular complexity index is 752. The van der Waals surface area contributed by atoms with E-state index in [1.165, 1.54) is 18.3 Å². The van der Waals surface area contributed by atoms with Gasteiger partial charge >= 0.3 is 5.97 Å². The van der Waals surface area contributed by atoms with E-state index in [9.17, 15) is 9.59 Å². The average molecular weight is 293 g/mol. The summed E-state index contributed by atoms with van der Waals surface area (Å²) in [6.07, 6.45) is 1.60. The third-order valence-corrected chi connectivity index (χ3v) is 3.50. The lowest BCUT2D eigenvalue weighted by Gasteiger charge is -2.14. The maximum atomic E-state index is 12.0. The minimum absolute atomic E-state index is 0.105. The molecule has 1 aliphatic heterocycles. The van der Waals surface area contributed by atoms with Gasteiger partial charge in [-0.25, -0.2) is 9.97 Å². The number of aromatic nitrogens is 4. The van der Waals surface area contributed by atoms with E-state index in [0.29, 0.717) is 21.8 Å². The van der Waals surface area contributed by atoms with Crippen LogP contribution in [0, 0.1) is 10.6 Å². The summed E-state index contributed by atoms with van der Waals surface area (Å²) in [5.74, 6) is -0.786. The van der Waals surface area contributed by atoms with Gasteiger partial charge in [-0.2, -0.15) is 0 Å². The number of imidazole rings is 1. The van der Waals surface area contributed by atoms with Gasteiger partial charge in [0.15, 0.2) is 10.3 Å². The highest BCUT2D eigenvalue weighted by atomic mass is 32.1. The second kappa shape index (κ2) is 4.67. The van der Waals surface area contributed by atoms with Gasteiger partial charge in [-0.3, -0.25) is 14.5 Å². The molecule has 0 saturated carbocycles. The summed E-state index contributed by atoms with van der Waals surface area (Å²) >= 11 is 5.14. The normalized spacial score (nSPS) is 18.8. The minimum Gasteiger partial charge on any atom is -0.469 e. The zero-order valence-corrected chi connectivity index (χ0v) is 11.4. The number of carbonyl (C=O) groups is 2. The molecule has 9 heteroatoms. The number of hydrogen-bond donors (Lipinski definition) is 2. The highest BCUT2D eigenvalue weighted by Gasteiger charge is 2.37. The van der Waals surface area contributed by atoms with E-state index >= 15 is 0 Å². The van der Waals surface area contributed by atoms with Crippen LogP contribution in [0.25, 0.3) is 11.2 Å². The Morgan fingerprint density at radius 3 is 3.15 bits per heavy atom. The largest absolute Gasteiger partial charge is 0.469 e. The fourth-order valence-electron chi connectivity index (χ4n) is 2.20. The van der Waals surface area contributed by atoms with Gasteiger partial charge in [-0.15, -0.1) is 0 Å². The second-order valence-corrected chi connectivity index (χ2v) is 4.81. The lowest BCUT2D eigenvalue weighted by atomic mass is 10.1. The van der Waals surface area contributed by atoms with Crippen molar-refractivity contribution in [3.05, 3.63) is 11.0 Å². The van der Waals surface area contributed by atoms with E-state index in [0.717, 1.165) is 0 Å². The summed E-state index contributed by atoms with van der Waals surface area (Å²) in [5, 5.41) is 0. The van der Waals surface area contributed by atoms with Gasteiger partial charge < -0.3 is 14.7 Å². The number of rotatable bonds is 2. The SMILES string of the molecule is COC(=O)C1CC(=O)N(c2nc(=S)c3[nH]cnc3[nH]2)C1. The number of methoxy groups -OCH3 is 1. The van der Waals surface area contributed by atoms with E-state index in [1.54, 1.807) is 0 Å². The molecule has 0 spiro atoms. The number of carbonyl (C=O) groups excluding carboxylic acids is 2. The van der Waals surface area contributed by atoms with Gasteiger partial charge in [0.1, 0.15) is 5.52 Å². The summed E-state index contributed by atoms with van der Waals surface area (Å²) in [5.41, 5.74) is 1.13. The summed E-state index contributed by atoms with van der Waals surface area (Å²) < 4.78 is 4.98. The maximum absolute atomic E-state index is 12.0. The number of nitrogens with zero attached hydrogens (tertiary/aromatic N) is 3. The molecule has 3 rings (SSSR count). The van der Waals surface area contributed by atoms with Crippen LogP contribution in [-0.2, 0) is 14.3 Å². The van der Waals surface area contributed by atoms with Gasteiger partial charge in [0.05, 0.1) is 19.4 Å². The predicted octanol–water partition coefficient (Wildman–Crippen LogP) is 0.541. The Morgan fingerprint density at radius 2 is 2.40 bits per heavy atom. The Kier molecular flexibility index (Phi) is 2.97. The van der Waals surface area contributed by atoms with Crippen molar-refractivity contribution in [2.24, 2.45) is 5.92 Å². The van der Waals surface area contributed by atoms with Gasteiger partial charge in [0, 0.05) is 13.0 Å². The van der Waals surface area contributed by atoms with E-state index in [2.05, 4.69) is 24.7 Å². The maximum Gasteiger partial charge on any atom is 0.311 e. The number of esters is 1. The quantitative estimate of drug-likeness (QED) is 0.618. The molecule has 0 bridgehead atoms. The van der Waals surface area contributed by atoms with Crippen molar-refractivity contribution in [2.75, 3.05) is 18.6 Å². The van der Waals surface area contributed by atoms with Crippen molar-refractivity contribution in [2.45, 2.75) is 6.42 Å². The summed E-state index contributed by atoms with van der Waals surface area (Å²) in [4.78, 5) is 38.9. The number of anilines is 1. The van der Waals surface area contributed by atoms with Crippen molar-refractivity contribution in [3.8, 4) is 0 Å². The molecule has 0 aliphatic carbocycles. The Hall–Kier alpha value is -2.29. The van der Waals surface area contributed by atoms with Crippen molar-refractivity contribution in [3.63, 3.8) is 0 Å². The number of H-pyrrole nitrogens is 2. The van der Waals surface area contributed by atoms with Gasteiger partial charge in [0.2, 0.25) is 11.9 Å². The lowest BCUT2D eigenvalue weighted by Crippen LogP contribution is -2.28. The van der Waals surface area contributed by atoms with Gasteiger partial charge in [-0.05, 0) is 0 Å². The number of amides is 1. The Balaban J connectivity index is 1.97. The van der Waals surface area contributed by atoms with Gasteiger partial charge in [-0.1, -0.05) is 12.2 Å². The van der Waals surface area contributed by atoms with Crippen LogP contribution in [0.2, 0.25) is 0 Å². The molecule has 104 valence electrons. The van der Waals surface area contributed by atoms with Crippen LogP contribution in [-0.4, -0.2) is 45.5 Å². The van der Waals surface area contributed by atoms with E-state index < -0.39 is 11.9 Å². The molecule has 1 unspecified atom stereocenters. The minimum atomic E-state index is -0.480. The number of aromatic amines is 2. The van der Waals surface area contributed by atoms with Crippen LogP contribution >= 0.6 is 12.2 Å². The van der Waals surface area contributed by atoms with Crippen LogP contribution in [0.4, 0.5) is 5.95 Å². The molecule has 3 heterocycles. The first kappa shape index (κ1) is 12.7. The first-order chi connectivity index (χ1) is 9.60. The standard InChI is InChI=1S/C11H11N5O3S/c1-19-10(18)5-2-6(17)16(3-5)11-14-8-7(9(20)15-11)12-4-13-8/h4-5H,2-3H2,1H3,(H2,12,13,14,15,20). The fraction of sp³-hybridized carbons (Fsp3) is 0.364. The second-order valence-electron chi connectivity index (χ2n) is 4.42. The van der Waals surface area contributed by atoms with Crippen molar-refractivity contribution in [1.29, 1.82) is 0 Å². The number of ether oxygens (including phenoxy) is 1. The average Bonchev–Trinajstić information content (AvgIpc) is 3.04. The fourth-order valence-corrected chi connectivity index (χ4v) is 2.44. The summed E-state index contributed by atoms with van der Waals surface area (Å²) in [6, 6.07) is 0. The van der Waals surface area contributed by atoms with Crippen LogP contribution in [0.5, 0.6) is 0 Å². The smallest absolute Gasteiger partial charge is 0.311 e. The molecule has 2 aromatic rings. The molecule has 1 aliphatic rings. The molecule has 0 aromatic carbocycles. The molecular formula is C11H11N5O3S. The third kappa shape index (κ3) is 1.95. The highest BCUT2D eigenvalue weighted by Crippen LogP contribution is 2.24. The van der Waals surface area contributed by atoms with Crippen LogP contribution in [0.15, 0.2) is 6.33 Å². The first-order valence-corrected chi connectivity index (χ1v) is 6.32. The molecule has 1 saturated heterocycles. The first-order valence-electron chi connectivity index (χ1n) is 5.91. The molecule has 20 heavy (non-hydrogen) atoms. The molecular weight excluding hydrogens is 282 g/mol. The number of hydrogen-bond acceptors (Lipinski definition) is 6. The number of fused-ring (bicyclic) bond motifs is 1. The third-order valence-electron chi connectivity index (χ3n) is 3.21. The number of nitrogens with one attached hydrogen (secondary N) is 2. The van der Waals surface area contributed by atoms with E-state index in [4.69, 9.17) is 12.2 Å². The van der Waals surface area contributed by atoms with Crippen LogP contribution in [0.3, 0.4) is 0 Å². The molecule has 0 radical (unpaired) electrons. The van der Waals surface area contributed by atoms with Crippen molar-refractivity contribution >= 4 is 41.2 Å². The molecule has 2 aromatic heterocycles. The molecule has 8 nitrogen and oxygen atoms in total. The van der Waals surface area contributed by atoms with Crippen molar-refractivity contribution < 1.29 is 14.3 Å². The van der Waals surface area contributed by atoms with E-state index in [-0.39, 0.29) is 18.9 Å². The summed E-state index contributed by atoms with van der Waals surface area (Å²) in [7, 11) is 1.30. The van der Waals surface area contributed by atoms with Crippen LogP contribution < -0.4 is 4.90 Å². The monoisotopic (exact) mass is 293 g/mol.